The van der Waals surface area contributed by atoms with Crippen LogP contribution in [0.1, 0.15) is 40.1 Å². The Balaban J connectivity index is 1.91. The molecule has 2 N–H and O–H groups in total. The van der Waals surface area contributed by atoms with Crippen molar-refractivity contribution in [2.75, 3.05) is 7.11 Å². The summed E-state index contributed by atoms with van der Waals surface area (Å²) in [5.74, 6) is 0.460. The fourth-order valence-electron chi connectivity index (χ4n) is 2.64. The fraction of sp³-hybridized carbons (Fsp3) is 0.235. The number of carbonyl (C=O) groups is 1. The molecule has 0 aliphatic carbocycles. The number of hydrogen-bond donors (Lipinski definition) is 1. The summed E-state index contributed by atoms with van der Waals surface area (Å²) in [5, 5.41) is 0. The number of nitrogens with two attached hydrogens (primary N) is 1. The van der Waals surface area contributed by atoms with Gasteiger partial charge in [-0.3, -0.25) is 0 Å². The normalized spacial score (nSPS) is 20.3. The van der Waals surface area contributed by atoms with Crippen molar-refractivity contribution in [3.05, 3.63) is 65.2 Å². The lowest BCUT2D eigenvalue weighted by Crippen LogP contribution is -2.24. The minimum absolute atomic E-state index is 0.0678. The molecule has 2 atom stereocenters. The number of fused-ring (bicyclic) bond motifs is 1. The molecule has 2 aromatic rings. The van der Waals surface area contributed by atoms with Crippen LogP contribution >= 0.6 is 0 Å². The maximum absolute atomic E-state index is 11.6. The molecule has 2 aromatic carbocycles. The molecule has 3 rings (SSSR count). The van der Waals surface area contributed by atoms with Crippen LogP contribution in [0.25, 0.3) is 0 Å². The first-order valence-corrected chi connectivity index (χ1v) is 6.88. The summed E-state index contributed by atoms with van der Waals surface area (Å²) in [6, 6.07) is 15.0. The molecular weight excluding hydrogens is 266 g/mol. The number of carbonyl (C=O) groups excluding carboxylic acids is 1. The van der Waals surface area contributed by atoms with Crippen molar-refractivity contribution in [3.8, 4) is 5.75 Å². The zero-order valence-electron chi connectivity index (χ0n) is 11.8. The van der Waals surface area contributed by atoms with Gasteiger partial charge in [-0.05, 0) is 23.8 Å². The van der Waals surface area contributed by atoms with Crippen LogP contribution in [0.15, 0.2) is 48.5 Å². The Bertz CT molecular complexity index is 669. The summed E-state index contributed by atoms with van der Waals surface area (Å²) in [5.41, 5.74) is 8.70. The van der Waals surface area contributed by atoms with Crippen LogP contribution in [0.5, 0.6) is 5.75 Å². The minimum atomic E-state index is -0.350. The van der Waals surface area contributed by atoms with Gasteiger partial charge in [0.05, 0.1) is 12.7 Å². The van der Waals surface area contributed by atoms with E-state index in [2.05, 4.69) is 0 Å². The van der Waals surface area contributed by atoms with E-state index in [1.54, 1.807) is 12.1 Å². The van der Waals surface area contributed by atoms with Gasteiger partial charge in [0.25, 0.3) is 0 Å². The van der Waals surface area contributed by atoms with Crippen molar-refractivity contribution >= 4 is 5.97 Å². The van der Waals surface area contributed by atoms with Crippen LogP contribution in [0.4, 0.5) is 0 Å². The second-order valence-corrected chi connectivity index (χ2v) is 5.10. The van der Waals surface area contributed by atoms with E-state index >= 15 is 0 Å². The molecule has 0 saturated carbocycles. The smallest absolute Gasteiger partial charge is 0.337 e. The number of benzene rings is 2. The van der Waals surface area contributed by atoms with Crippen molar-refractivity contribution in [1.82, 2.24) is 0 Å². The summed E-state index contributed by atoms with van der Waals surface area (Å²) in [7, 11) is 1.37. The van der Waals surface area contributed by atoms with Crippen LogP contribution in [-0.4, -0.2) is 13.1 Å². The summed E-state index contributed by atoms with van der Waals surface area (Å²) in [6.07, 6.45) is 0.529. The molecule has 1 aliphatic rings. The van der Waals surface area contributed by atoms with Gasteiger partial charge in [-0.2, -0.15) is 0 Å². The Morgan fingerprint density at radius 3 is 2.86 bits per heavy atom. The first-order chi connectivity index (χ1) is 10.2. The average Bonchev–Trinajstić information content (AvgIpc) is 2.54. The zero-order valence-corrected chi connectivity index (χ0v) is 11.8. The third kappa shape index (κ3) is 2.62. The first kappa shape index (κ1) is 13.6. The van der Waals surface area contributed by atoms with Gasteiger partial charge in [0.15, 0.2) is 0 Å². The maximum atomic E-state index is 11.6. The maximum Gasteiger partial charge on any atom is 0.337 e. The Labute approximate surface area is 123 Å². The van der Waals surface area contributed by atoms with Crippen LogP contribution in [0, 0.1) is 0 Å². The summed E-state index contributed by atoms with van der Waals surface area (Å²) in [6.45, 7) is 0. The molecule has 0 saturated heterocycles. The van der Waals surface area contributed by atoms with Gasteiger partial charge < -0.3 is 15.2 Å². The molecule has 0 bridgehead atoms. The summed E-state index contributed by atoms with van der Waals surface area (Å²) < 4.78 is 10.8. The lowest BCUT2D eigenvalue weighted by molar-refractivity contribution is 0.0600. The molecule has 0 fully saturated rings. The molecule has 0 aromatic heterocycles. The molecule has 4 nitrogen and oxygen atoms in total. The van der Waals surface area contributed by atoms with Gasteiger partial charge in [-0.15, -0.1) is 0 Å². The summed E-state index contributed by atoms with van der Waals surface area (Å²) in [4.78, 5) is 11.6. The number of methoxy groups -OCH3 is 1. The van der Waals surface area contributed by atoms with Gasteiger partial charge >= 0.3 is 5.97 Å². The molecule has 4 heteroatoms. The highest BCUT2D eigenvalue weighted by molar-refractivity contribution is 5.89. The topological polar surface area (TPSA) is 61.5 Å². The van der Waals surface area contributed by atoms with E-state index in [0.29, 0.717) is 12.0 Å². The number of esters is 1. The van der Waals surface area contributed by atoms with E-state index in [9.17, 15) is 4.79 Å². The van der Waals surface area contributed by atoms with Gasteiger partial charge in [0, 0.05) is 18.0 Å². The van der Waals surface area contributed by atoms with Crippen molar-refractivity contribution in [1.29, 1.82) is 0 Å². The fourth-order valence-corrected chi connectivity index (χ4v) is 2.64. The SMILES string of the molecule is COC(=O)c1cccc([C@H]2CC(N)c3ccccc3O2)c1. The molecule has 0 spiro atoms. The number of hydrogen-bond acceptors (Lipinski definition) is 4. The monoisotopic (exact) mass is 283 g/mol. The van der Waals surface area contributed by atoms with Crippen molar-refractivity contribution < 1.29 is 14.3 Å². The predicted molar refractivity (Wildman–Crippen MR) is 79.1 cm³/mol. The molecule has 0 amide bonds. The number of ether oxygens (including phenoxy) is 2. The molecular formula is C17H17NO3. The van der Waals surface area contributed by atoms with E-state index in [-0.39, 0.29) is 18.1 Å². The quantitative estimate of drug-likeness (QED) is 0.861. The second kappa shape index (κ2) is 5.58. The molecule has 108 valence electrons. The third-order valence-corrected chi connectivity index (χ3v) is 3.74. The van der Waals surface area contributed by atoms with E-state index in [1.807, 2.05) is 36.4 Å². The van der Waals surface area contributed by atoms with Crippen LogP contribution in [0.3, 0.4) is 0 Å². The van der Waals surface area contributed by atoms with Gasteiger partial charge in [-0.1, -0.05) is 30.3 Å². The third-order valence-electron chi connectivity index (χ3n) is 3.74. The lowest BCUT2D eigenvalue weighted by Gasteiger charge is -2.30. The van der Waals surface area contributed by atoms with Gasteiger partial charge in [0.2, 0.25) is 0 Å². The highest BCUT2D eigenvalue weighted by atomic mass is 16.5. The van der Waals surface area contributed by atoms with Crippen LogP contribution in [-0.2, 0) is 4.74 Å². The van der Waals surface area contributed by atoms with Crippen molar-refractivity contribution in [3.63, 3.8) is 0 Å². The van der Waals surface area contributed by atoms with E-state index in [1.165, 1.54) is 7.11 Å². The largest absolute Gasteiger partial charge is 0.485 e. The number of para-hydroxylation sites is 1. The standard InChI is InChI=1S/C17H17NO3/c1-20-17(19)12-6-4-5-11(9-12)16-10-14(18)13-7-2-3-8-15(13)21-16/h2-9,14,16H,10,18H2,1H3/t14?,16-/m1/s1. The van der Waals surface area contributed by atoms with Crippen molar-refractivity contribution in [2.45, 2.75) is 18.6 Å². The van der Waals surface area contributed by atoms with E-state index < -0.39 is 0 Å². The highest BCUT2D eigenvalue weighted by Crippen LogP contribution is 2.39. The molecule has 1 heterocycles. The molecule has 1 unspecified atom stereocenters. The Kier molecular flexibility index (Phi) is 3.62. The first-order valence-electron chi connectivity index (χ1n) is 6.88. The Morgan fingerprint density at radius 1 is 1.24 bits per heavy atom. The van der Waals surface area contributed by atoms with E-state index in [0.717, 1.165) is 16.9 Å². The number of rotatable bonds is 2. The highest BCUT2D eigenvalue weighted by Gasteiger charge is 2.27. The zero-order chi connectivity index (χ0) is 14.8. The minimum Gasteiger partial charge on any atom is -0.485 e. The average molecular weight is 283 g/mol. The molecule has 1 aliphatic heterocycles. The molecule has 21 heavy (non-hydrogen) atoms. The van der Waals surface area contributed by atoms with Gasteiger partial charge in [-0.25, -0.2) is 4.79 Å². The lowest BCUT2D eigenvalue weighted by atomic mass is 9.93. The Morgan fingerprint density at radius 2 is 2.05 bits per heavy atom. The predicted octanol–water partition coefficient (Wildman–Crippen LogP) is 3.00. The van der Waals surface area contributed by atoms with Crippen molar-refractivity contribution in [2.24, 2.45) is 5.73 Å². The second-order valence-electron chi connectivity index (χ2n) is 5.10. The summed E-state index contributed by atoms with van der Waals surface area (Å²) >= 11 is 0. The van der Waals surface area contributed by atoms with Gasteiger partial charge in [0.1, 0.15) is 11.9 Å². The van der Waals surface area contributed by atoms with Crippen LogP contribution in [0.2, 0.25) is 0 Å². The van der Waals surface area contributed by atoms with E-state index in [4.69, 9.17) is 15.2 Å². The Hall–Kier alpha value is -2.33. The molecule has 0 radical (unpaired) electrons. The van der Waals surface area contributed by atoms with Crippen LogP contribution < -0.4 is 10.5 Å².